The Balaban J connectivity index is 2.04. The van der Waals surface area contributed by atoms with Crippen molar-refractivity contribution >= 4 is 29.6 Å². The van der Waals surface area contributed by atoms with Gasteiger partial charge < -0.3 is 10.7 Å². The van der Waals surface area contributed by atoms with Gasteiger partial charge in [0.15, 0.2) is 0 Å². The second-order valence-corrected chi connectivity index (χ2v) is 5.22. The van der Waals surface area contributed by atoms with Crippen LogP contribution >= 0.6 is 11.8 Å². The Labute approximate surface area is 116 Å². The summed E-state index contributed by atoms with van der Waals surface area (Å²) >= 11 is 1.67. The third-order valence-electron chi connectivity index (χ3n) is 2.51. The molecule has 2 N–H and O–H groups in total. The van der Waals surface area contributed by atoms with Gasteiger partial charge >= 0.3 is 0 Å². The predicted octanol–water partition coefficient (Wildman–Crippen LogP) is 3.73. The van der Waals surface area contributed by atoms with E-state index in [-0.39, 0.29) is 0 Å². The number of amides is 1. The normalized spacial score (nSPS) is 9.95. The number of anilines is 1. The summed E-state index contributed by atoms with van der Waals surface area (Å²) in [7, 11) is 0. The fourth-order valence-electron chi connectivity index (χ4n) is 1.53. The molecule has 0 fully saturated rings. The first kappa shape index (κ1) is 13.4. The number of aryl methyl sites for hydroxylation is 1. The van der Waals surface area contributed by atoms with Gasteiger partial charge in [-0.2, -0.15) is 0 Å². The van der Waals surface area contributed by atoms with Crippen molar-refractivity contribution in [3.8, 4) is 0 Å². The first-order valence-corrected chi connectivity index (χ1v) is 6.65. The molecule has 2 rings (SSSR count). The monoisotopic (exact) mass is 270 g/mol. The highest BCUT2D eigenvalue weighted by molar-refractivity contribution is 7.99. The molecule has 2 aromatic rings. The summed E-state index contributed by atoms with van der Waals surface area (Å²) in [4.78, 5) is 13.3. The number of hydrogen-bond acceptors (Lipinski definition) is 3. The van der Waals surface area contributed by atoms with Crippen molar-refractivity contribution < 1.29 is 4.79 Å². The number of hydrogen-bond donors (Lipinski definition) is 2. The van der Waals surface area contributed by atoms with E-state index in [1.165, 1.54) is 10.5 Å². The van der Waals surface area contributed by atoms with Gasteiger partial charge in [-0.3, -0.25) is 4.79 Å². The van der Waals surface area contributed by atoms with Crippen molar-refractivity contribution in [2.45, 2.75) is 16.7 Å². The Morgan fingerprint density at radius 2 is 1.58 bits per heavy atom. The Morgan fingerprint density at radius 1 is 1.05 bits per heavy atom. The van der Waals surface area contributed by atoms with E-state index in [9.17, 15) is 4.79 Å². The molecule has 0 spiro atoms. The van der Waals surface area contributed by atoms with Crippen molar-refractivity contribution in [1.82, 2.24) is 0 Å². The van der Waals surface area contributed by atoms with Crippen LogP contribution in [0.3, 0.4) is 0 Å². The SMILES string of the molecule is Cc1ccc(Sc2ccc(NC(=O)C=N)cc2)cc1. The molecule has 0 bridgehead atoms. The lowest BCUT2D eigenvalue weighted by Crippen LogP contribution is -2.11. The maximum atomic E-state index is 11.0. The minimum Gasteiger partial charge on any atom is -0.321 e. The number of benzene rings is 2. The molecule has 0 aliphatic heterocycles. The molecule has 0 aliphatic carbocycles. The van der Waals surface area contributed by atoms with Crippen LogP contribution in [0.4, 0.5) is 5.69 Å². The van der Waals surface area contributed by atoms with Gasteiger partial charge in [0.1, 0.15) is 0 Å². The van der Waals surface area contributed by atoms with Gasteiger partial charge in [0.05, 0.1) is 6.21 Å². The van der Waals surface area contributed by atoms with Gasteiger partial charge in [-0.1, -0.05) is 29.5 Å². The lowest BCUT2D eigenvalue weighted by atomic mass is 10.2. The summed E-state index contributed by atoms with van der Waals surface area (Å²) in [5, 5.41) is 9.42. The molecule has 1 amide bonds. The Morgan fingerprint density at radius 3 is 2.11 bits per heavy atom. The summed E-state index contributed by atoms with van der Waals surface area (Å²) in [6.45, 7) is 2.06. The molecule has 96 valence electrons. The van der Waals surface area contributed by atoms with Crippen LogP contribution in [0.25, 0.3) is 0 Å². The van der Waals surface area contributed by atoms with E-state index < -0.39 is 5.91 Å². The maximum absolute atomic E-state index is 11.0. The summed E-state index contributed by atoms with van der Waals surface area (Å²) in [5.41, 5.74) is 1.94. The summed E-state index contributed by atoms with van der Waals surface area (Å²) in [5.74, 6) is -0.418. The van der Waals surface area contributed by atoms with E-state index in [1.54, 1.807) is 11.8 Å². The smallest absolute Gasteiger partial charge is 0.266 e. The van der Waals surface area contributed by atoms with E-state index in [0.717, 1.165) is 11.1 Å². The lowest BCUT2D eigenvalue weighted by Gasteiger charge is -2.05. The van der Waals surface area contributed by atoms with E-state index in [2.05, 4.69) is 36.5 Å². The number of carbonyl (C=O) groups is 1. The van der Waals surface area contributed by atoms with Gasteiger partial charge in [-0.05, 0) is 43.3 Å². The van der Waals surface area contributed by atoms with Crippen LogP contribution in [-0.2, 0) is 4.79 Å². The van der Waals surface area contributed by atoms with E-state index in [1.807, 2.05) is 24.3 Å². The summed E-state index contributed by atoms with van der Waals surface area (Å²) in [6, 6.07) is 15.9. The first-order valence-electron chi connectivity index (χ1n) is 5.83. The Bertz CT molecular complexity index is 576. The number of rotatable bonds is 4. The Hall–Kier alpha value is -2.07. The van der Waals surface area contributed by atoms with Gasteiger partial charge in [-0.15, -0.1) is 0 Å². The highest BCUT2D eigenvalue weighted by Gasteiger charge is 2.00. The third-order valence-corrected chi connectivity index (χ3v) is 3.53. The molecule has 3 nitrogen and oxygen atoms in total. The average Bonchev–Trinajstić information content (AvgIpc) is 2.43. The summed E-state index contributed by atoms with van der Waals surface area (Å²) < 4.78 is 0. The third kappa shape index (κ3) is 3.96. The largest absolute Gasteiger partial charge is 0.321 e. The zero-order chi connectivity index (χ0) is 13.7. The number of nitrogens with one attached hydrogen (secondary N) is 2. The van der Waals surface area contributed by atoms with Gasteiger partial charge in [0, 0.05) is 15.5 Å². The molecular formula is C15H14N2OS. The van der Waals surface area contributed by atoms with Gasteiger partial charge in [0.2, 0.25) is 0 Å². The molecule has 2 aromatic carbocycles. The average molecular weight is 270 g/mol. The second-order valence-electron chi connectivity index (χ2n) is 4.07. The zero-order valence-corrected chi connectivity index (χ0v) is 11.3. The molecule has 0 aliphatic rings. The van der Waals surface area contributed by atoms with Crippen molar-refractivity contribution in [3.05, 3.63) is 54.1 Å². The van der Waals surface area contributed by atoms with E-state index >= 15 is 0 Å². The molecule has 19 heavy (non-hydrogen) atoms. The molecular weight excluding hydrogens is 256 g/mol. The molecule has 0 saturated heterocycles. The molecule has 0 saturated carbocycles. The van der Waals surface area contributed by atoms with Gasteiger partial charge in [-0.25, -0.2) is 0 Å². The molecule has 0 radical (unpaired) electrons. The van der Waals surface area contributed by atoms with Gasteiger partial charge in [0.25, 0.3) is 5.91 Å². The first-order chi connectivity index (χ1) is 9.17. The fraction of sp³-hybridized carbons (Fsp3) is 0.0667. The zero-order valence-electron chi connectivity index (χ0n) is 10.5. The summed E-state index contributed by atoms with van der Waals surface area (Å²) in [6.07, 6.45) is 0.759. The van der Waals surface area contributed by atoms with Crippen molar-refractivity contribution in [3.63, 3.8) is 0 Å². The molecule has 0 unspecified atom stereocenters. The van der Waals surface area contributed by atoms with Crippen LogP contribution in [-0.4, -0.2) is 12.1 Å². The maximum Gasteiger partial charge on any atom is 0.266 e. The fourth-order valence-corrected chi connectivity index (χ4v) is 2.34. The quantitative estimate of drug-likeness (QED) is 0.832. The molecule has 0 atom stereocenters. The van der Waals surface area contributed by atoms with Crippen molar-refractivity contribution in [2.75, 3.05) is 5.32 Å². The Kier molecular flexibility index (Phi) is 4.36. The highest BCUT2D eigenvalue weighted by Crippen LogP contribution is 2.28. The highest BCUT2D eigenvalue weighted by atomic mass is 32.2. The predicted molar refractivity (Wildman–Crippen MR) is 79.2 cm³/mol. The van der Waals surface area contributed by atoms with Crippen LogP contribution in [0.15, 0.2) is 58.3 Å². The topological polar surface area (TPSA) is 53.0 Å². The van der Waals surface area contributed by atoms with Crippen LogP contribution in [0.1, 0.15) is 5.56 Å². The minimum absolute atomic E-state index is 0.418. The van der Waals surface area contributed by atoms with Crippen LogP contribution < -0.4 is 5.32 Å². The van der Waals surface area contributed by atoms with Crippen molar-refractivity contribution in [1.29, 1.82) is 5.41 Å². The molecule has 0 aromatic heterocycles. The molecule has 0 heterocycles. The van der Waals surface area contributed by atoms with Crippen LogP contribution in [0.2, 0.25) is 0 Å². The second kappa shape index (κ2) is 6.20. The lowest BCUT2D eigenvalue weighted by molar-refractivity contribution is -0.110. The van der Waals surface area contributed by atoms with Crippen molar-refractivity contribution in [2.24, 2.45) is 0 Å². The van der Waals surface area contributed by atoms with E-state index in [4.69, 9.17) is 5.41 Å². The number of carbonyl (C=O) groups excluding carboxylic acids is 1. The van der Waals surface area contributed by atoms with Crippen LogP contribution in [0, 0.1) is 12.3 Å². The standard InChI is InChI=1S/C15H14N2OS/c1-11-2-6-13(7-3-11)19-14-8-4-12(5-9-14)17-15(18)10-16/h2-10,16H,1H3,(H,17,18). The van der Waals surface area contributed by atoms with Crippen LogP contribution in [0.5, 0.6) is 0 Å². The minimum atomic E-state index is -0.418. The molecule has 4 heteroatoms. The van der Waals surface area contributed by atoms with E-state index in [0.29, 0.717) is 5.69 Å².